The van der Waals surface area contributed by atoms with E-state index in [0.717, 1.165) is 0 Å². The summed E-state index contributed by atoms with van der Waals surface area (Å²) in [6.07, 6.45) is -0.419. The van der Waals surface area contributed by atoms with E-state index in [2.05, 4.69) is 4.98 Å². The minimum atomic E-state index is -1.18. The molecule has 1 saturated heterocycles. The number of aliphatic hydroxyl groups is 1. The number of rotatable bonds is 3. The lowest BCUT2D eigenvalue weighted by molar-refractivity contribution is -0.0668. The number of hydrogen-bond donors (Lipinski definition) is 2. The second kappa shape index (κ2) is 5.98. The van der Waals surface area contributed by atoms with Crippen LogP contribution < -0.4 is 0 Å². The number of pyridine rings is 1. The molecule has 0 saturated carbocycles. The molecule has 2 N–H and O–H groups in total. The van der Waals surface area contributed by atoms with Gasteiger partial charge in [-0.2, -0.15) is 0 Å². The smallest absolute Gasteiger partial charge is 0.354 e. The molecule has 1 fully saturated rings. The van der Waals surface area contributed by atoms with Crippen LogP contribution in [0.4, 0.5) is 0 Å². The van der Waals surface area contributed by atoms with Gasteiger partial charge in [-0.25, -0.2) is 9.78 Å². The standard InChI is InChI=1S/C13H16N2O5/c1-8-7-20-9(6-16)5-15(8)12(17)10-3-2-4-11(14-10)13(18)19/h2-4,8-9,16H,5-7H2,1H3,(H,18,19). The Hall–Kier alpha value is -1.99. The van der Waals surface area contributed by atoms with E-state index in [9.17, 15) is 9.59 Å². The van der Waals surface area contributed by atoms with Crippen molar-refractivity contribution in [3.05, 3.63) is 29.6 Å². The molecule has 2 heterocycles. The molecular formula is C13H16N2O5. The fourth-order valence-corrected chi connectivity index (χ4v) is 2.03. The van der Waals surface area contributed by atoms with Crippen molar-refractivity contribution in [3.63, 3.8) is 0 Å². The summed E-state index contributed by atoms with van der Waals surface area (Å²) in [7, 11) is 0. The summed E-state index contributed by atoms with van der Waals surface area (Å²) in [4.78, 5) is 28.6. The van der Waals surface area contributed by atoms with Gasteiger partial charge in [-0.3, -0.25) is 4.79 Å². The van der Waals surface area contributed by atoms with E-state index in [4.69, 9.17) is 14.9 Å². The molecule has 0 radical (unpaired) electrons. The first-order valence-corrected chi connectivity index (χ1v) is 6.26. The molecule has 1 aromatic rings. The number of carbonyl (C=O) groups is 2. The van der Waals surface area contributed by atoms with Crippen LogP contribution in [0, 0.1) is 0 Å². The van der Waals surface area contributed by atoms with E-state index >= 15 is 0 Å². The van der Waals surface area contributed by atoms with E-state index < -0.39 is 12.1 Å². The van der Waals surface area contributed by atoms with Gasteiger partial charge in [0.25, 0.3) is 5.91 Å². The van der Waals surface area contributed by atoms with Crippen molar-refractivity contribution in [1.82, 2.24) is 9.88 Å². The highest BCUT2D eigenvalue weighted by Crippen LogP contribution is 2.15. The molecular weight excluding hydrogens is 264 g/mol. The highest BCUT2D eigenvalue weighted by molar-refractivity contribution is 5.94. The first-order valence-electron chi connectivity index (χ1n) is 6.26. The first kappa shape index (κ1) is 14.4. The molecule has 0 spiro atoms. The van der Waals surface area contributed by atoms with E-state index in [1.54, 1.807) is 4.90 Å². The SMILES string of the molecule is CC1COC(CO)CN1C(=O)c1cccc(C(=O)O)n1. The van der Waals surface area contributed by atoms with Crippen molar-refractivity contribution in [2.24, 2.45) is 0 Å². The molecule has 1 aromatic heterocycles. The average molecular weight is 280 g/mol. The van der Waals surface area contributed by atoms with Crippen LogP contribution in [-0.4, -0.2) is 63.9 Å². The van der Waals surface area contributed by atoms with Gasteiger partial charge in [-0.15, -0.1) is 0 Å². The van der Waals surface area contributed by atoms with Crippen molar-refractivity contribution in [2.75, 3.05) is 19.8 Å². The first-order chi connectivity index (χ1) is 9.52. The summed E-state index contributed by atoms with van der Waals surface area (Å²) in [5, 5.41) is 18.0. The maximum Gasteiger partial charge on any atom is 0.354 e. The van der Waals surface area contributed by atoms with Crippen LogP contribution in [-0.2, 0) is 4.74 Å². The fourth-order valence-electron chi connectivity index (χ4n) is 2.03. The van der Waals surface area contributed by atoms with Gasteiger partial charge in [0.15, 0.2) is 0 Å². The van der Waals surface area contributed by atoms with Gasteiger partial charge in [0.1, 0.15) is 11.4 Å². The fraction of sp³-hybridized carbons (Fsp3) is 0.462. The molecule has 2 unspecified atom stereocenters. The van der Waals surface area contributed by atoms with Gasteiger partial charge >= 0.3 is 5.97 Å². The van der Waals surface area contributed by atoms with Crippen LogP contribution in [0.3, 0.4) is 0 Å². The van der Waals surface area contributed by atoms with Crippen LogP contribution >= 0.6 is 0 Å². The van der Waals surface area contributed by atoms with Crippen molar-refractivity contribution in [3.8, 4) is 0 Å². The highest BCUT2D eigenvalue weighted by Gasteiger charge is 2.30. The molecule has 1 aliphatic rings. The number of carboxylic acids is 1. The van der Waals surface area contributed by atoms with Crippen LogP contribution in [0.25, 0.3) is 0 Å². The summed E-state index contributed by atoms with van der Waals surface area (Å²) in [6, 6.07) is 4.14. The number of nitrogens with zero attached hydrogens (tertiary/aromatic N) is 2. The Morgan fingerprint density at radius 2 is 2.15 bits per heavy atom. The van der Waals surface area contributed by atoms with Gasteiger partial charge < -0.3 is 19.8 Å². The number of morpholine rings is 1. The Kier molecular flexibility index (Phi) is 4.31. The van der Waals surface area contributed by atoms with E-state index in [1.807, 2.05) is 6.92 Å². The number of carbonyl (C=O) groups excluding carboxylic acids is 1. The van der Waals surface area contributed by atoms with Gasteiger partial charge in [0.05, 0.1) is 25.4 Å². The van der Waals surface area contributed by atoms with Crippen LogP contribution in [0.15, 0.2) is 18.2 Å². The van der Waals surface area contributed by atoms with Crippen LogP contribution in [0.1, 0.15) is 27.9 Å². The maximum absolute atomic E-state index is 12.4. The normalized spacial score (nSPS) is 22.6. The third-order valence-corrected chi connectivity index (χ3v) is 3.16. The second-order valence-electron chi connectivity index (χ2n) is 4.66. The van der Waals surface area contributed by atoms with Gasteiger partial charge in [0.2, 0.25) is 0 Å². The summed E-state index contributed by atoms with van der Waals surface area (Å²) < 4.78 is 5.36. The molecule has 2 atom stereocenters. The molecule has 108 valence electrons. The number of ether oxygens (including phenoxy) is 1. The summed E-state index contributed by atoms with van der Waals surface area (Å²) >= 11 is 0. The second-order valence-corrected chi connectivity index (χ2v) is 4.66. The van der Waals surface area contributed by atoms with Crippen molar-refractivity contribution in [2.45, 2.75) is 19.1 Å². The Labute approximate surface area is 115 Å². The van der Waals surface area contributed by atoms with Crippen molar-refractivity contribution in [1.29, 1.82) is 0 Å². The Balaban J connectivity index is 2.21. The Morgan fingerprint density at radius 3 is 2.80 bits per heavy atom. The van der Waals surface area contributed by atoms with Crippen molar-refractivity contribution < 1.29 is 24.5 Å². The summed E-state index contributed by atoms with van der Waals surface area (Å²) in [5.74, 6) is -1.54. The lowest BCUT2D eigenvalue weighted by atomic mass is 10.1. The molecule has 0 bridgehead atoms. The summed E-state index contributed by atoms with van der Waals surface area (Å²) in [5.41, 5.74) is -0.0918. The molecule has 0 aliphatic carbocycles. The predicted octanol–water partition coefficient (Wildman–Crippen LogP) is 0.00160. The minimum Gasteiger partial charge on any atom is -0.477 e. The van der Waals surface area contributed by atoms with E-state index in [-0.39, 0.29) is 36.5 Å². The molecule has 2 rings (SSSR count). The topological polar surface area (TPSA) is 100.0 Å². The van der Waals surface area contributed by atoms with E-state index in [1.165, 1.54) is 18.2 Å². The van der Waals surface area contributed by atoms with Gasteiger partial charge in [0, 0.05) is 6.54 Å². The molecule has 1 amide bonds. The van der Waals surface area contributed by atoms with Gasteiger partial charge in [-0.1, -0.05) is 6.07 Å². The minimum absolute atomic E-state index is 0.0790. The molecule has 7 heteroatoms. The monoisotopic (exact) mass is 280 g/mol. The number of amides is 1. The van der Waals surface area contributed by atoms with Crippen molar-refractivity contribution >= 4 is 11.9 Å². The van der Waals surface area contributed by atoms with Crippen LogP contribution in [0.2, 0.25) is 0 Å². The summed E-state index contributed by atoms with van der Waals surface area (Å²) in [6.45, 7) is 2.25. The number of aromatic nitrogens is 1. The predicted molar refractivity (Wildman–Crippen MR) is 68.5 cm³/mol. The zero-order valence-electron chi connectivity index (χ0n) is 11.0. The zero-order valence-corrected chi connectivity index (χ0v) is 11.0. The lowest BCUT2D eigenvalue weighted by Crippen LogP contribution is -2.52. The molecule has 0 aromatic carbocycles. The number of hydrogen-bond acceptors (Lipinski definition) is 5. The van der Waals surface area contributed by atoms with Crippen LogP contribution in [0.5, 0.6) is 0 Å². The van der Waals surface area contributed by atoms with E-state index in [0.29, 0.717) is 6.61 Å². The Bertz CT molecular complexity index is 519. The average Bonchev–Trinajstić information content (AvgIpc) is 2.47. The Morgan fingerprint density at radius 1 is 1.45 bits per heavy atom. The molecule has 20 heavy (non-hydrogen) atoms. The molecule has 7 nitrogen and oxygen atoms in total. The quantitative estimate of drug-likeness (QED) is 0.808. The van der Waals surface area contributed by atoms with Gasteiger partial charge in [-0.05, 0) is 19.1 Å². The third kappa shape index (κ3) is 2.94. The highest BCUT2D eigenvalue weighted by atomic mass is 16.5. The third-order valence-electron chi connectivity index (χ3n) is 3.16. The largest absolute Gasteiger partial charge is 0.477 e. The maximum atomic E-state index is 12.4. The zero-order chi connectivity index (χ0) is 14.7. The number of carboxylic acid groups (broad SMARTS) is 1. The molecule has 1 aliphatic heterocycles. The number of aromatic carboxylic acids is 1. The number of aliphatic hydroxyl groups excluding tert-OH is 1. The lowest BCUT2D eigenvalue weighted by Gasteiger charge is -2.37.